The van der Waals surface area contributed by atoms with E-state index in [9.17, 15) is 0 Å². The zero-order valence-corrected chi connectivity index (χ0v) is 12.6. The van der Waals surface area contributed by atoms with Crippen LogP contribution in [0.2, 0.25) is 0 Å². The monoisotopic (exact) mass is 264 g/mol. The summed E-state index contributed by atoms with van der Waals surface area (Å²) in [6, 6.07) is 1.66. The molecule has 1 heterocycles. The molecule has 2 nitrogen and oxygen atoms in total. The van der Waals surface area contributed by atoms with Gasteiger partial charge in [0.05, 0.1) is 0 Å². The van der Waals surface area contributed by atoms with Crippen LogP contribution in [0.4, 0.5) is 0 Å². The molecule has 0 radical (unpaired) electrons. The van der Waals surface area contributed by atoms with Gasteiger partial charge in [-0.1, -0.05) is 51.4 Å². The van der Waals surface area contributed by atoms with Gasteiger partial charge in [0, 0.05) is 18.6 Å². The van der Waals surface area contributed by atoms with Gasteiger partial charge in [-0.25, -0.2) is 5.01 Å². The molecule has 0 bridgehead atoms. The van der Waals surface area contributed by atoms with Crippen LogP contribution in [0.15, 0.2) is 0 Å². The summed E-state index contributed by atoms with van der Waals surface area (Å²) in [5.41, 5.74) is 3.91. The molecule has 2 saturated carbocycles. The lowest BCUT2D eigenvalue weighted by Crippen LogP contribution is -2.45. The summed E-state index contributed by atoms with van der Waals surface area (Å²) in [4.78, 5) is 0. The summed E-state index contributed by atoms with van der Waals surface area (Å²) in [6.45, 7) is 1.31. The molecule has 3 rings (SSSR count). The number of rotatable bonds is 2. The molecule has 0 amide bonds. The Kier molecular flexibility index (Phi) is 5.17. The minimum absolute atomic E-state index is 0.806. The quantitative estimate of drug-likeness (QED) is 0.801. The molecule has 1 aliphatic heterocycles. The highest BCUT2D eigenvalue weighted by Gasteiger charge is 2.32. The van der Waals surface area contributed by atoms with Gasteiger partial charge in [0.15, 0.2) is 0 Å². The van der Waals surface area contributed by atoms with Crippen LogP contribution >= 0.6 is 0 Å². The molecule has 110 valence electrons. The lowest BCUT2D eigenvalue weighted by atomic mass is 9.85. The lowest BCUT2D eigenvalue weighted by molar-refractivity contribution is 0.115. The Morgan fingerprint density at radius 2 is 1.21 bits per heavy atom. The van der Waals surface area contributed by atoms with Crippen molar-refractivity contribution in [2.75, 3.05) is 6.54 Å². The standard InChI is InChI=1S/C17H32N2/c1-2-5-9-15(10-6-3-1)17-13-14-19(18-17)16-11-7-4-8-12-16/h15-18H,1-14H2. The molecule has 1 saturated heterocycles. The molecule has 2 aliphatic carbocycles. The predicted octanol–water partition coefficient (Wildman–Crippen LogP) is 4.26. The van der Waals surface area contributed by atoms with E-state index in [0.717, 1.165) is 18.0 Å². The van der Waals surface area contributed by atoms with E-state index in [2.05, 4.69) is 10.4 Å². The smallest absolute Gasteiger partial charge is 0.0256 e. The van der Waals surface area contributed by atoms with Gasteiger partial charge < -0.3 is 0 Å². The maximum atomic E-state index is 3.91. The van der Waals surface area contributed by atoms with E-state index < -0.39 is 0 Å². The second-order valence-corrected chi connectivity index (χ2v) is 7.11. The van der Waals surface area contributed by atoms with Gasteiger partial charge in [-0.2, -0.15) is 0 Å². The Morgan fingerprint density at radius 1 is 0.632 bits per heavy atom. The van der Waals surface area contributed by atoms with Crippen LogP contribution in [0.5, 0.6) is 0 Å². The molecule has 19 heavy (non-hydrogen) atoms. The number of hydrogen-bond donors (Lipinski definition) is 1. The summed E-state index contributed by atoms with van der Waals surface area (Å²) in [7, 11) is 0. The van der Waals surface area contributed by atoms with Crippen molar-refractivity contribution >= 4 is 0 Å². The van der Waals surface area contributed by atoms with Gasteiger partial charge in [-0.05, 0) is 38.0 Å². The molecule has 2 heteroatoms. The molecule has 0 aromatic rings. The van der Waals surface area contributed by atoms with E-state index in [4.69, 9.17) is 0 Å². The van der Waals surface area contributed by atoms with E-state index in [1.165, 1.54) is 90.0 Å². The molecular weight excluding hydrogens is 232 g/mol. The first-order valence-corrected chi connectivity index (χ1v) is 8.96. The van der Waals surface area contributed by atoms with Gasteiger partial charge in [0.2, 0.25) is 0 Å². The fraction of sp³-hybridized carbons (Fsp3) is 1.00. The summed E-state index contributed by atoms with van der Waals surface area (Å²) in [5, 5.41) is 2.63. The first kappa shape index (κ1) is 13.9. The van der Waals surface area contributed by atoms with E-state index in [-0.39, 0.29) is 0 Å². The minimum Gasteiger partial charge on any atom is -0.252 e. The van der Waals surface area contributed by atoms with Gasteiger partial charge in [-0.15, -0.1) is 0 Å². The SMILES string of the molecule is C1CCCC(C2CCN(C3CCCCC3)N2)CCC1. The largest absolute Gasteiger partial charge is 0.252 e. The molecule has 3 fully saturated rings. The van der Waals surface area contributed by atoms with E-state index >= 15 is 0 Å². The second-order valence-electron chi connectivity index (χ2n) is 7.11. The topological polar surface area (TPSA) is 15.3 Å². The molecule has 1 atom stereocenters. The van der Waals surface area contributed by atoms with E-state index in [1.807, 2.05) is 0 Å². The average molecular weight is 264 g/mol. The first-order chi connectivity index (χ1) is 9.43. The Morgan fingerprint density at radius 3 is 1.95 bits per heavy atom. The zero-order chi connectivity index (χ0) is 12.9. The average Bonchev–Trinajstić information content (AvgIpc) is 2.89. The Bertz CT molecular complexity index is 252. The molecule has 1 N–H and O–H groups in total. The summed E-state index contributed by atoms with van der Waals surface area (Å²) >= 11 is 0. The fourth-order valence-electron chi connectivity index (χ4n) is 4.53. The van der Waals surface area contributed by atoms with Crippen LogP contribution in [0.1, 0.15) is 83.5 Å². The molecule has 3 aliphatic rings. The number of hydrazine groups is 1. The van der Waals surface area contributed by atoms with Crippen molar-refractivity contribution in [1.82, 2.24) is 10.4 Å². The maximum Gasteiger partial charge on any atom is 0.0256 e. The number of hydrogen-bond acceptors (Lipinski definition) is 2. The molecule has 0 aromatic heterocycles. The van der Waals surface area contributed by atoms with Crippen LogP contribution in [0.3, 0.4) is 0 Å². The van der Waals surface area contributed by atoms with Crippen LogP contribution < -0.4 is 5.43 Å². The fourth-order valence-corrected chi connectivity index (χ4v) is 4.53. The highest BCUT2D eigenvalue weighted by Crippen LogP contribution is 2.30. The van der Waals surface area contributed by atoms with Crippen molar-refractivity contribution in [3.63, 3.8) is 0 Å². The van der Waals surface area contributed by atoms with Crippen LogP contribution in [0.25, 0.3) is 0 Å². The minimum atomic E-state index is 0.806. The van der Waals surface area contributed by atoms with E-state index in [0.29, 0.717) is 0 Å². The highest BCUT2D eigenvalue weighted by atomic mass is 15.6. The third kappa shape index (κ3) is 3.72. The maximum absolute atomic E-state index is 3.91. The highest BCUT2D eigenvalue weighted by molar-refractivity contribution is 4.86. The third-order valence-electron chi connectivity index (χ3n) is 5.75. The van der Waals surface area contributed by atoms with Crippen molar-refractivity contribution in [1.29, 1.82) is 0 Å². The third-order valence-corrected chi connectivity index (χ3v) is 5.75. The van der Waals surface area contributed by atoms with Gasteiger partial charge in [0.1, 0.15) is 0 Å². The van der Waals surface area contributed by atoms with Crippen molar-refractivity contribution < 1.29 is 0 Å². The molecule has 0 aromatic carbocycles. The summed E-state index contributed by atoms with van der Waals surface area (Å²) < 4.78 is 0. The molecular formula is C17H32N2. The number of nitrogens with zero attached hydrogens (tertiary/aromatic N) is 1. The first-order valence-electron chi connectivity index (χ1n) is 8.96. The molecule has 1 unspecified atom stereocenters. The summed E-state index contributed by atoms with van der Waals surface area (Å²) in [5.74, 6) is 0.967. The van der Waals surface area contributed by atoms with Crippen molar-refractivity contribution in [2.45, 2.75) is 95.6 Å². The Labute approximate surface area is 119 Å². The van der Waals surface area contributed by atoms with Crippen LogP contribution in [0, 0.1) is 5.92 Å². The Balaban J connectivity index is 1.49. The summed E-state index contributed by atoms with van der Waals surface area (Å²) in [6.07, 6.45) is 19.0. The second kappa shape index (κ2) is 7.08. The van der Waals surface area contributed by atoms with Crippen molar-refractivity contribution in [3.8, 4) is 0 Å². The van der Waals surface area contributed by atoms with Crippen LogP contribution in [-0.2, 0) is 0 Å². The predicted molar refractivity (Wildman–Crippen MR) is 80.9 cm³/mol. The van der Waals surface area contributed by atoms with Crippen molar-refractivity contribution in [3.05, 3.63) is 0 Å². The van der Waals surface area contributed by atoms with Crippen LogP contribution in [-0.4, -0.2) is 23.6 Å². The number of nitrogens with one attached hydrogen (secondary N) is 1. The van der Waals surface area contributed by atoms with Gasteiger partial charge in [-0.3, -0.25) is 5.43 Å². The Hall–Kier alpha value is -0.0800. The lowest BCUT2D eigenvalue weighted by Gasteiger charge is -2.33. The molecule has 0 spiro atoms. The van der Waals surface area contributed by atoms with Gasteiger partial charge in [0.25, 0.3) is 0 Å². The van der Waals surface area contributed by atoms with E-state index in [1.54, 1.807) is 0 Å². The van der Waals surface area contributed by atoms with Gasteiger partial charge >= 0.3 is 0 Å². The normalized spacial score (nSPS) is 33.2. The zero-order valence-electron chi connectivity index (χ0n) is 12.6. The van der Waals surface area contributed by atoms with Crippen molar-refractivity contribution in [2.24, 2.45) is 5.92 Å².